The third kappa shape index (κ3) is 4.46. The van der Waals surface area contributed by atoms with Gasteiger partial charge in [-0.05, 0) is 25.0 Å². The van der Waals surface area contributed by atoms with Crippen LogP contribution < -0.4 is 0 Å². The summed E-state index contributed by atoms with van der Waals surface area (Å²) in [4.78, 5) is 4.48. The summed E-state index contributed by atoms with van der Waals surface area (Å²) < 4.78 is 0. The zero-order valence-corrected chi connectivity index (χ0v) is 10.1. The minimum atomic E-state index is 0.683. The Labute approximate surface area is 93.9 Å². The van der Waals surface area contributed by atoms with Crippen molar-refractivity contribution < 1.29 is 0 Å². The Morgan fingerprint density at radius 3 is 2.53 bits per heavy atom. The zero-order valence-electron chi connectivity index (χ0n) is 10.1. The molecule has 0 saturated heterocycles. The van der Waals surface area contributed by atoms with Gasteiger partial charge in [0.1, 0.15) is 0 Å². The topological polar surface area (TPSA) is 12.9 Å². The van der Waals surface area contributed by atoms with Gasteiger partial charge in [-0.3, -0.25) is 4.98 Å². The molecular formula is C14H23N. The van der Waals surface area contributed by atoms with Crippen molar-refractivity contribution in [3.8, 4) is 0 Å². The number of aromatic nitrogens is 1. The third-order valence-corrected chi connectivity index (χ3v) is 2.90. The molecular weight excluding hydrogens is 182 g/mol. The van der Waals surface area contributed by atoms with E-state index in [1.807, 2.05) is 12.3 Å². The summed E-state index contributed by atoms with van der Waals surface area (Å²) in [7, 11) is 0. The first-order valence-electron chi connectivity index (χ1n) is 6.29. The highest BCUT2D eigenvalue weighted by atomic mass is 14.7. The first-order valence-corrected chi connectivity index (χ1v) is 6.29. The molecule has 84 valence electrons. The number of hydrogen-bond acceptors (Lipinski definition) is 1. The van der Waals surface area contributed by atoms with Gasteiger partial charge < -0.3 is 0 Å². The zero-order chi connectivity index (χ0) is 10.9. The number of rotatable bonds is 7. The molecule has 0 N–H and O–H groups in total. The van der Waals surface area contributed by atoms with Crippen LogP contribution in [0.4, 0.5) is 0 Å². The van der Waals surface area contributed by atoms with Crippen LogP contribution in [0.15, 0.2) is 24.4 Å². The van der Waals surface area contributed by atoms with Crippen LogP contribution in [0.3, 0.4) is 0 Å². The van der Waals surface area contributed by atoms with Crippen molar-refractivity contribution in [2.45, 2.75) is 58.3 Å². The van der Waals surface area contributed by atoms with Gasteiger partial charge in [0.15, 0.2) is 0 Å². The fourth-order valence-electron chi connectivity index (χ4n) is 2.05. The molecule has 0 saturated carbocycles. The van der Waals surface area contributed by atoms with E-state index in [0.717, 1.165) is 0 Å². The SMILES string of the molecule is CCCCCC(CCC)c1ccccn1. The predicted molar refractivity (Wildman–Crippen MR) is 66.0 cm³/mol. The van der Waals surface area contributed by atoms with E-state index in [-0.39, 0.29) is 0 Å². The molecule has 1 heterocycles. The standard InChI is InChI=1S/C14H23N/c1-3-5-6-10-13(9-4-2)14-11-7-8-12-15-14/h7-8,11-13H,3-6,9-10H2,1-2H3. The van der Waals surface area contributed by atoms with Crippen LogP contribution in [0.25, 0.3) is 0 Å². The summed E-state index contributed by atoms with van der Waals surface area (Å²) in [6.45, 7) is 4.52. The van der Waals surface area contributed by atoms with Gasteiger partial charge in [0.05, 0.1) is 0 Å². The monoisotopic (exact) mass is 205 g/mol. The van der Waals surface area contributed by atoms with Crippen molar-refractivity contribution >= 4 is 0 Å². The third-order valence-electron chi connectivity index (χ3n) is 2.90. The van der Waals surface area contributed by atoms with E-state index in [9.17, 15) is 0 Å². The first kappa shape index (κ1) is 12.2. The molecule has 1 nitrogen and oxygen atoms in total. The Balaban J connectivity index is 2.50. The highest BCUT2D eigenvalue weighted by Gasteiger charge is 2.10. The minimum Gasteiger partial charge on any atom is -0.261 e. The molecule has 0 bridgehead atoms. The van der Waals surface area contributed by atoms with Crippen LogP contribution >= 0.6 is 0 Å². The van der Waals surface area contributed by atoms with Gasteiger partial charge in [-0.1, -0.05) is 45.6 Å². The molecule has 15 heavy (non-hydrogen) atoms. The molecule has 1 heteroatoms. The Hall–Kier alpha value is -0.850. The fourth-order valence-corrected chi connectivity index (χ4v) is 2.05. The average molecular weight is 205 g/mol. The van der Waals surface area contributed by atoms with Crippen LogP contribution in [-0.4, -0.2) is 4.98 Å². The molecule has 0 aliphatic carbocycles. The van der Waals surface area contributed by atoms with Gasteiger partial charge in [0.25, 0.3) is 0 Å². The van der Waals surface area contributed by atoms with E-state index < -0.39 is 0 Å². The van der Waals surface area contributed by atoms with Crippen molar-refractivity contribution in [2.24, 2.45) is 0 Å². The summed E-state index contributed by atoms with van der Waals surface area (Å²) in [5.74, 6) is 0.683. The Morgan fingerprint density at radius 1 is 1.07 bits per heavy atom. The summed E-state index contributed by atoms with van der Waals surface area (Å²) in [5, 5.41) is 0. The molecule has 0 fully saturated rings. The molecule has 0 aromatic carbocycles. The normalized spacial score (nSPS) is 12.7. The predicted octanol–water partition coefficient (Wildman–Crippen LogP) is 4.55. The maximum atomic E-state index is 4.48. The molecule has 1 atom stereocenters. The second kappa shape index (κ2) is 7.44. The minimum absolute atomic E-state index is 0.683. The van der Waals surface area contributed by atoms with Gasteiger partial charge in [-0.25, -0.2) is 0 Å². The van der Waals surface area contributed by atoms with E-state index in [1.165, 1.54) is 44.2 Å². The summed E-state index contributed by atoms with van der Waals surface area (Å²) >= 11 is 0. The van der Waals surface area contributed by atoms with Crippen LogP contribution in [0, 0.1) is 0 Å². The number of unbranched alkanes of at least 4 members (excludes halogenated alkanes) is 2. The molecule has 1 aromatic heterocycles. The van der Waals surface area contributed by atoms with Crippen molar-refractivity contribution in [1.82, 2.24) is 4.98 Å². The van der Waals surface area contributed by atoms with E-state index in [1.54, 1.807) is 0 Å². The molecule has 1 rings (SSSR count). The lowest BCUT2D eigenvalue weighted by Gasteiger charge is -2.14. The fraction of sp³-hybridized carbons (Fsp3) is 0.643. The molecule has 0 amide bonds. The van der Waals surface area contributed by atoms with Gasteiger partial charge in [0, 0.05) is 17.8 Å². The van der Waals surface area contributed by atoms with Crippen molar-refractivity contribution in [1.29, 1.82) is 0 Å². The van der Waals surface area contributed by atoms with E-state index in [2.05, 4.69) is 31.0 Å². The maximum absolute atomic E-state index is 4.48. The smallest absolute Gasteiger partial charge is 0.0434 e. The van der Waals surface area contributed by atoms with Crippen LogP contribution in [0.5, 0.6) is 0 Å². The maximum Gasteiger partial charge on any atom is 0.0434 e. The largest absolute Gasteiger partial charge is 0.261 e. The number of pyridine rings is 1. The van der Waals surface area contributed by atoms with E-state index in [0.29, 0.717) is 5.92 Å². The van der Waals surface area contributed by atoms with Crippen LogP contribution in [0.2, 0.25) is 0 Å². The van der Waals surface area contributed by atoms with Gasteiger partial charge in [-0.15, -0.1) is 0 Å². The Morgan fingerprint density at radius 2 is 1.93 bits per heavy atom. The molecule has 0 aliphatic rings. The average Bonchev–Trinajstić information content (AvgIpc) is 2.29. The van der Waals surface area contributed by atoms with E-state index in [4.69, 9.17) is 0 Å². The lowest BCUT2D eigenvalue weighted by molar-refractivity contribution is 0.519. The van der Waals surface area contributed by atoms with Crippen LogP contribution in [-0.2, 0) is 0 Å². The van der Waals surface area contributed by atoms with Crippen molar-refractivity contribution in [2.75, 3.05) is 0 Å². The Kier molecular flexibility index (Phi) is 6.06. The number of nitrogens with zero attached hydrogens (tertiary/aromatic N) is 1. The molecule has 0 aliphatic heterocycles. The van der Waals surface area contributed by atoms with Gasteiger partial charge >= 0.3 is 0 Å². The second-order valence-corrected chi connectivity index (χ2v) is 4.24. The highest BCUT2D eigenvalue weighted by Crippen LogP contribution is 2.25. The number of hydrogen-bond donors (Lipinski definition) is 0. The highest BCUT2D eigenvalue weighted by molar-refractivity contribution is 5.09. The van der Waals surface area contributed by atoms with Gasteiger partial charge in [-0.2, -0.15) is 0 Å². The molecule has 0 spiro atoms. The van der Waals surface area contributed by atoms with Crippen molar-refractivity contribution in [3.05, 3.63) is 30.1 Å². The lowest BCUT2D eigenvalue weighted by atomic mass is 9.93. The lowest BCUT2D eigenvalue weighted by Crippen LogP contribution is -2.01. The first-order chi connectivity index (χ1) is 7.38. The summed E-state index contributed by atoms with van der Waals surface area (Å²) in [5.41, 5.74) is 1.29. The summed E-state index contributed by atoms with van der Waals surface area (Å²) in [6.07, 6.45) is 9.76. The second-order valence-electron chi connectivity index (χ2n) is 4.24. The molecule has 1 unspecified atom stereocenters. The molecule has 0 radical (unpaired) electrons. The Bertz CT molecular complexity index is 243. The summed E-state index contributed by atoms with van der Waals surface area (Å²) in [6, 6.07) is 6.27. The van der Waals surface area contributed by atoms with Gasteiger partial charge in [0.2, 0.25) is 0 Å². The van der Waals surface area contributed by atoms with E-state index >= 15 is 0 Å². The molecule has 1 aromatic rings. The van der Waals surface area contributed by atoms with Crippen molar-refractivity contribution in [3.63, 3.8) is 0 Å². The van der Waals surface area contributed by atoms with Crippen LogP contribution in [0.1, 0.15) is 64.0 Å². The quantitative estimate of drug-likeness (QED) is 0.595.